The van der Waals surface area contributed by atoms with Crippen molar-refractivity contribution < 1.29 is 4.74 Å². The maximum atomic E-state index is 5.38. The van der Waals surface area contributed by atoms with Crippen molar-refractivity contribution in [1.82, 2.24) is 24.7 Å². The Kier molecular flexibility index (Phi) is 3.96. The van der Waals surface area contributed by atoms with Crippen molar-refractivity contribution in [3.63, 3.8) is 0 Å². The van der Waals surface area contributed by atoms with Crippen molar-refractivity contribution in [1.29, 1.82) is 0 Å². The Bertz CT molecular complexity index is 606. The SMILES string of the molecule is CCNc1nc(-c2cnn(C)c2)nc(N2CCOCC2)n1. The highest BCUT2D eigenvalue weighted by atomic mass is 16.5. The van der Waals surface area contributed by atoms with Crippen LogP contribution in [-0.2, 0) is 11.8 Å². The van der Waals surface area contributed by atoms with Crippen LogP contribution < -0.4 is 10.2 Å². The number of ether oxygens (including phenoxy) is 1. The molecule has 0 aliphatic carbocycles. The van der Waals surface area contributed by atoms with Crippen molar-refractivity contribution in [2.24, 2.45) is 7.05 Å². The smallest absolute Gasteiger partial charge is 0.230 e. The van der Waals surface area contributed by atoms with Gasteiger partial charge < -0.3 is 15.0 Å². The van der Waals surface area contributed by atoms with Gasteiger partial charge in [0.25, 0.3) is 0 Å². The molecule has 1 N–H and O–H groups in total. The molecule has 1 aliphatic heterocycles. The Labute approximate surface area is 123 Å². The molecule has 0 spiro atoms. The quantitative estimate of drug-likeness (QED) is 0.879. The molecule has 3 rings (SSSR count). The summed E-state index contributed by atoms with van der Waals surface area (Å²) in [6.07, 6.45) is 3.66. The van der Waals surface area contributed by atoms with Crippen molar-refractivity contribution in [3.8, 4) is 11.4 Å². The average molecular weight is 289 g/mol. The van der Waals surface area contributed by atoms with Gasteiger partial charge in [0.1, 0.15) is 0 Å². The van der Waals surface area contributed by atoms with E-state index in [0.29, 0.717) is 30.9 Å². The molecule has 2 aromatic heterocycles. The predicted octanol–water partition coefficient (Wildman–Crippen LogP) is 0.540. The number of rotatable bonds is 4. The molecule has 0 aromatic carbocycles. The molecule has 0 saturated carbocycles. The van der Waals surface area contributed by atoms with E-state index < -0.39 is 0 Å². The van der Waals surface area contributed by atoms with Crippen molar-refractivity contribution in [2.75, 3.05) is 43.1 Å². The van der Waals surface area contributed by atoms with Gasteiger partial charge in [-0.3, -0.25) is 4.68 Å². The van der Waals surface area contributed by atoms with Gasteiger partial charge in [0.2, 0.25) is 11.9 Å². The van der Waals surface area contributed by atoms with Gasteiger partial charge in [-0.15, -0.1) is 0 Å². The topological polar surface area (TPSA) is 81.0 Å². The maximum Gasteiger partial charge on any atom is 0.230 e. The van der Waals surface area contributed by atoms with E-state index in [1.165, 1.54) is 0 Å². The molecular formula is C13H19N7O. The molecule has 0 amide bonds. The number of nitrogens with zero attached hydrogens (tertiary/aromatic N) is 6. The number of nitrogens with one attached hydrogen (secondary N) is 1. The summed E-state index contributed by atoms with van der Waals surface area (Å²) >= 11 is 0. The lowest BCUT2D eigenvalue weighted by atomic mass is 10.3. The molecule has 0 radical (unpaired) electrons. The van der Waals surface area contributed by atoms with E-state index in [9.17, 15) is 0 Å². The van der Waals surface area contributed by atoms with Crippen LogP contribution in [0.25, 0.3) is 11.4 Å². The van der Waals surface area contributed by atoms with Crippen LogP contribution in [0.5, 0.6) is 0 Å². The summed E-state index contributed by atoms with van der Waals surface area (Å²) in [5.74, 6) is 1.91. The second kappa shape index (κ2) is 6.04. The van der Waals surface area contributed by atoms with Crippen LogP contribution in [0.4, 0.5) is 11.9 Å². The summed E-state index contributed by atoms with van der Waals surface area (Å²) in [5.41, 5.74) is 0.883. The summed E-state index contributed by atoms with van der Waals surface area (Å²) in [5, 5.41) is 7.33. The Balaban J connectivity index is 1.96. The first kappa shape index (κ1) is 13.7. The molecule has 3 heterocycles. The van der Waals surface area contributed by atoms with Crippen LogP contribution in [0, 0.1) is 0 Å². The van der Waals surface area contributed by atoms with Gasteiger partial charge in [-0.2, -0.15) is 20.1 Å². The maximum absolute atomic E-state index is 5.38. The van der Waals surface area contributed by atoms with Crippen molar-refractivity contribution >= 4 is 11.9 Å². The zero-order chi connectivity index (χ0) is 14.7. The normalized spacial score (nSPS) is 15.2. The molecule has 1 fully saturated rings. The minimum absolute atomic E-state index is 0.591. The van der Waals surface area contributed by atoms with Crippen LogP contribution in [0.3, 0.4) is 0 Å². The second-order valence-corrected chi connectivity index (χ2v) is 4.82. The first-order valence-electron chi connectivity index (χ1n) is 7.08. The number of aromatic nitrogens is 5. The average Bonchev–Trinajstić information content (AvgIpc) is 2.95. The fourth-order valence-electron chi connectivity index (χ4n) is 2.17. The predicted molar refractivity (Wildman–Crippen MR) is 79.2 cm³/mol. The number of anilines is 2. The first-order valence-corrected chi connectivity index (χ1v) is 7.08. The molecular weight excluding hydrogens is 270 g/mol. The van der Waals surface area contributed by atoms with Crippen LogP contribution in [-0.4, -0.2) is 57.6 Å². The summed E-state index contributed by atoms with van der Waals surface area (Å²) in [6, 6.07) is 0. The van der Waals surface area contributed by atoms with Gasteiger partial charge in [-0.1, -0.05) is 0 Å². The summed E-state index contributed by atoms with van der Waals surface area (Å²) < 4.78 is 7.11. The van der Waals surface area contributed by atoms with E-state index >= 15 is 0 Å². The molecule has 1 saturated heterocycles. The standard InChI is InChI=1S/C13H19N7O/c1-3-14-12-16-11(10-8-15-19(2)9-10)17-13(18-12)20-4-6-21-7-5-20/h8-9H,3-7H2,1-2H3,(H,14,16,17,18). The number of aryl methyl sites for hydroxylation is 1. The van der Waals surface area contributed by atoms with E-state index in [4.69, 9.17) is 4.74 Å². The third-order valence-electron chi connectivity index (χ3n) is 3.22. The van der Waals surface area contributed by atoms with E-state index in [-0.39, 0.29) is 0 Å². The van der Waals surface area contributed by atoms with Gasteiger partial charge >= 0.3 is 0 Å². The lowest BCUT2D eigenvalue weighted by Gasteiger charge is -2.27. The number of hydrogen-bond acceptors (Lipinski definition) is 7. The molecule has 8 nitrogen and oxygen atoms in total. The molecule has 112 valence electrons. The third kappa shape index (κ3) is 3.10. The molecule has 1 aliphatic rings. The van der Waals surface area contributed by atoms with E-state index in [2.05, 4.69) is 30.3 Å². The minimum atomic E-state index is 0.591. The fourth-order valence-corrected chi connectivity index (χ4v) is 2.17. The number of hydrogen-bond donors (Lipinski definition) is 1. The summed E-state index contributed by atoms with van der Waals surface area (Å²) in [7, 11) is 1.87. The highest BCUT2D eigenvalue weighted by Gasteiger charge is 2.17. The molecule has 21 heavy (non-hydrogen) atoms. The Morgan fingerprint density at radius 3 is 2.71 bits per heavy atom. The van der Waals surface area contributed by atoms with Crippen LogP contribution in [0.15, 0.2) is 12.4 Å². The second-order valence-electron chi connectivity index (χ2n) is 4.82. The lowest BCUT2D eigenvalue weighted by Crippen LogP contribution is -2.37. The van der Waals surface area contributed by atoms with E-state index in [1.807, 2.05) is 20.2 Å². The Morgan fingerprint density at radius 1 is 1.24 bits per heavy atom. The van der Waals surface area contributed by atoms with Gasteiger partial charge in [-0.25, -0.2) is 0 Å². The van der Waals surface area contributed by atoms with Gasteiger partial charge in [-0.05, 0) is 6.92 Å². The minimum Gasteiger partial charge on any atom is -0.378 e. The first-order chi connectivity index (χ1) is 10.3. The lowest BCUT2D eigenvalue weighted by molar-refractivity contribution is 0.122. The molecule has 0 bridgehead atoms. The van der Waals surface area contributed by atoms with Crippen LogP contribution in [0.2, 0.25) is 0 Å². The summed E-state index contributed by atoms with van der Waals surface area (Å²) in [4.78, 5) is 15.6. The third-order valence-corrected chi connectivity index (χ3v) is 3.22. The van der Waals surface area contributed by atoms with Crippen LogP contribution in [0.1, 0.15) is 6.92 Å². The number of morpholine rings is 1. The van der Waals surface area contributed by atoms with Crippen LogP contribution >= 0.6 is 0 Å². The van der Waals surface area contributed by atoms with Crippen molar-refractivity contribution in [3.05, 3.63) is 12.4 Å². The van der Waals surface area contributed by atoms with E-state index in [1.54, 1.807) is 10.9 Å². The molecule has 0 atom stereocenters. The molecule has 8 heteroatoms. The van der Waals surface area contributed by atoms with E-state index in [0.717, 1.165) is 25.2 Å². The Hall–Kier alpha value is -2.22. The monoisotopic (exact) mass is 289 g/mol. The highest BCUT2D eigenvalue weighted by molar-refractivity contribution is 5.56. The molecule has 0 unspecified atom stereocenters. The van der Waals surface area contributed by atoms with Gasteiger partial charge in [0.05, 0.1) is 25.0 Å². The fraction of sp³-hybridized carbons (Fsp3) is 0.538. The largest absolute Gasteiger partial charge is 0.378 e. The Morgan fingerprint density at radius 2 is 2.05 bits per heavy atom. The van der Waals surface area contributed by atoms with Crippen molar-refractivity contribution in [2.45, 2.75) is 6.92 Å². The zero-order valence-electron chi connectivity index (χ0n) is 12.3. The van der Waals surface area contributed by atoms with Gasteiger partial charge in [0.15, 0.2) is 5.82 Å². The highest BCUT2D eigenvalue weighted by Crippen LogP contribution is 2.19. The van der Waals surface area contributed by atoms with Gasteiger partial charge in [0, 0.05) is 32.9 Å². The zero-order valence-corrected chi connectivity index (χ0v) is 12.3. The summed E-state index contributed by atoms with van der Waals surface area (Å²) in [6.45, 7) is 5.76. The molecule has 2 aromatic rings.